The molecule has 1 atom stereocenters. The first-order valence-electron chi connectivity index (χ1n) is 7.68. The fourth-order valence-electron chi connectivity index (χ4n) is 2.52. The molecule has 1 aromatic carbocycles. The molecule has 2 rings (SSSR count). The maximum atomic E-state index is 12.7. The Morgan fingerprint density at radius 1 is 1.18 bits per heavy atom. The Labute approximate surface area is 131 Å². The first kappa shape index (κ1) is 16.0. The molecule has 1 aromatic heterocycles. The van der Waals surface area contributed by atoms with Gasteiger partial charge in [0.15, 0.2) is 0 Å². The lowest BCUT2D eigenvalue weighted by Crippen LogP contribution is -2.32. The summed E-state index contributed by atoms with van der Waals surface area (Å²) in [6.07, 6.45) is 1.82. The standard InChI is InChI=1S/C18H23N3O/c1-4-12(3)21-16(11-10-15(17(19)20)18(21)22)14-8-6-13(5-2)7-9-14/h6-12H,4-5H2,1-3H3,(H3,19,20). The van der Waals surface area contributed by atoms with E-state index >= 15 is 0 Å². The quantitative estimate of drug-likeness (QED) is 0.656. The average molecular weight is 297 g/mol. The van der Waals surface area contributed by atoms with Crippen LogP contribution < -0.4 is 11.3 Å². The Morgan fingerprint density at radius 2 is 1.82 bits per heavy atom. The lowest BCUT2D eigenvalue weighted by atomic mass is 10.0. The third-order valence-corrected chi connectivity index (χ3v) is 4.10. The molecule has 0 saturated carbocycles. The number of hydrogen-bond donors (Lipinski definition) is 2. The minimum Gasteiger partial charge on any atom is -0.384 e. The molecule has 4 nitrogen and oxygen atoms in total. The zero-order chi connectivity index (χ0) is 16.3. The number of nitrogens with two attached hydrogens (primary N) is 1. The van der Waals surface area contributed by atoms with Gasteiger partial charge in [-0.3, -0.25) is 10.2 Å². The SMILES string of the molecule is CCc1ccc(-c2ccc(C(=N)N)c(=O)n2C(C)CC)cc1. The molecule has 0 radical (unpaired) electrons. The van der Waals surface area contributed by atoms with Crippen molar-refractivity contribution in [2.75, 3.05) is 0 Å². The topological polar surface area (TPSA) is 71.9 Å². The van der Waals surface area contributed by atoms with Crippen LogP contribution in [0.3, 0.4) is 0 Å². The van der Waals surface area contributed by atoms with Gasteiger partial charge in [0.2, 0.25) is 0 Å². The molecule has 3 N–H and O–H groups in total. The van der Waals surface area contributed by atoms with Crippen molar-refractivity contribution in [3.63, 3.8) is 0 Å². The average Bonchev–Trinajstić information content (AvgIpc) is 2.53. The summed E-state index contributed by atoms with van der Waals surface area (Å²) >= 11 is 0. The Balaban J connectivity index is 2.66. The Bertz CT molecular complexity index is 729. The highest BCUT2D eigenvalue weighted by Crippen LogP contribution is 2.23. The molecule has 4 heteroatoms. The summed E-state index contributed by atoms with van der Waals surface area (Å²) in [5, 5.41) is 7.56. The summed E-state index contributed by atoms with van der Waals surface area (Å²) in [5.41, 5.74) is 8.72. The summed E-state index contributed by atoms with van der Waals surface area (Å²) in [4.78, 5) is 12.7. The van der Waals surface area contributed by atoms with E-state index in [1.165, 1.54) is 5.56 Å². The molecule has 0 spiro atoms. The summed E-state index contributed by atoms with van der Waals surface area (Å²) < 4.78 is 1.75. The van der Waals surface area contributed by atoms with Crippen molar-refractivity contribution < 1.29 is 0 Å². The number of amidine groups is 1. The highest BCUT2D eigenvalue weighted by atomic mass is 16.1. The second kappa shape index (κ2) is 6.60. The number of aryl methyl sites for hydroxylation is 1. The van der Waals surface area contributed by atoms with E-state index in [9.17, 15) is 4.79 Å². The van der Waals surface area contributed by atoms with Crippen molar-refractivity contribution >= 4 is 5.84 Å². The van der Waals surface area contributed by atoms with Gasteiger partial charge in [0.25, 0.3) is 5.56 Å². The van der Waals surface area contributed by atoms with Crippen LogP contribution in [0.2, 0.25) is 0 Å². The van der Waals surface area contributed by atoms with Crippen LogP contribution in [0.5, 0.6) is 0 Å². The van der Waals surface area contributed by atoms with Crippen LogP contribution in [-0.4, -0.2) is 10.4 Å². The minimum absolute atomic E-state index is 0.0488. The number of nitrogen functional groups attached to an aromatic ring is 1. The smallest absolute Gasteiger partial charge is 0.262 e. The molecule has 0 aliphatic carbocycles. The largest absolute Gasteiger partial charge is 0.384 e. The van der Waals surface area contributed by atoms with Gasteiger partial charge in [-0.05, 0) is 43.0 Å². The molecule has 0 amide bonds. The Hall–Kier alpha value is -2.36. The van der Waals surface area contributed by atoms with E-state index in [1.807, 2.05) is 32.0 Å². The van der Waals surface area contributed by atoms with Gasteiger partial charge in [0, 0.05) is 6.04 Å². The highest BCUT2D eigenvalue weighted by molar-refractivity contribution is 5.94. The first-order valence-corrected chi connectivity index (χ1v) is 7.68. The van der Waals surface area contributed by atoms with Crippen LogP contribution in [0.25, 0.3) is 11.3 Å². The molecule has 1 unspecified atom stereocenters. The van der Waals surface area contributed by atoms with Gasteiger partial charge in [-0.1, -0.05) is 38.1 Å². The van der Waals surface area contributed by atoms with Gasteiger partial charge in [0.05, 0.1) is 11.3 Å². The highest BCUT2D eigenvalue weighted by Gasteiger charge is 2.15. The van der Waals surface area contributed by atoms with Crippen molar-refractivity contribution in [2.45, 2.75) is 39.7 Å². The Kier molecular flexibility index (Phi) is 4.81. The van der Waals surface area contributed by atoms with Crippen LogP contribution in [0, 0.1) is 5.41 Å². The van der Waals surface area contributed by atoms with Crippen molar-refractivity contribution in [3.8, 4) is 11.3 Å². The maximum absolute atomic E-state index is 12.7. The second-order valence-electron chi connectivity index (χ2n) is 5.53. The number of benzene rings is 1. The van der Waals surface area contributed by atoms with Gasteiger partial charge in [-0.15, -0.1) is 0 Å². The minimum atomic E-state index is -0.195. The number of pyridine rings is 1. The fourth-order valence-corrected chi connectivity index (χ4v) is 2.52. The number of rotatable bonds is 5. The first-order chi connectivity index (χ1) is 10.5. The lowest BCUT2D eigenvalue weighted by Gasteiger charge is -2.20. The van der Waals surface area contributed by atoms with E-state index < -0.39 is 0 Å². The summed E-state index contributed by atoms with van der Waals surface area (Å²) in [7, 11) is 0. The molecule has 0 bridgehead atoms. The summed E-state index contributed by atoms with van der Waals surface area (Å²) in [5.74, 6) is -0.185. The number of nitrogens with one attached hydrogen (secondary N) is 1. The van der Waals surface area contributed by atoms with Crippen molar-refractivity contribution in [1.82, 2.24) is 4.57 Å². The van der Waals surface area contributed by atoms with Gasteiger partial charge < -0.3 is 10.3 Å². The normalized spacial score (nSPS) is 12.1. The fraction of sp³-hybridized carbons (Fsp3) is 0.333. The van der Waals surface area contributed by atoms with E-state index in [-0.39, 0.29) is 23.0 Å². The van der Waals surface area contributed by atoms with E-state index in [1.54, 1.807) is 10.6 Å². The predicted molar refractivity (Wildman–Crippen MR) is 91.5 cm³/mol. The van der Waals surface area contributed by atoms with E-state index in [0.29, 0.717) is 0 Å². The van der Waals surface area contributed by atoms with Gasteiger partial charge >= 0.3 is 0 Å². The molecule has 0 fully saturated rings. The third kappa shape index (κ3) is 2.96. The molecule has 22 heavy (non-hydrogen) atoms. The third-order valence-electron chi connectivity index (χ3n) is 4.10. The summed E-state index contributed by atoms with van der Waals surface area (Å²) in [6.45, 7) is 6.17. The predicted octanol–water partition coefficient (Wildman–Crippen LogP) is 3.33. The molecule has 2 aromatic rings. The number of nitrogens with zero attached hydrogens (tertiary/aromatic N) is 1. The van der Waals surface area contributed by atoms with Crippen LogP contribution in [-0.2, 0) is 6.42 Å². The lowest BCUT2D eigenvalue weighted by molar-refractivity contribution is 0.519. The maximum Gasteiger partial charge on any atom is 0.262 e. The van der Waals surface area contributed by atoms with Crippen LogP contribution in [0.4, 0.5) is 0 Å². The number of hydrogen-bond acceptors (Lipinski definition) is 2. The van der Waals surface area contributed by atoms with Gasteiger partial charge in [-0.2, -0.15) is 0 Å². The molecular weight excluding hydrogens is 274 g/mol. The Morgan fingerprint density at radius 3 is 2.32 bits per heavy atom. The molecule has 0 aliphatic rings. The van der Waals surface area contributed by atoms with Gasteiger partial charge in [0.1, 0.15) is 5.84 Å². The van der Waals surface area contributed by atoms with Crippen molar-refractivity contribution in [1.29, 1.82) is 5.41 Å². The van der Waals surface area contributed by atoms with E-state index in [0.717, 1.165) is 24.1 Å². The van der Waals surface area contributed by atoms with E-state index in [4.69, 9.17) is 11.1 Å². The monoisotopic (exact) mass is 297 g/mol. The van der Waals surface area contributed by atoms with E-state index in [2.05, 4.69) is 19.1 Å². The van der Waals surface area contributed by atoms with Crippen LogP contribution >= 0.6 is 0 Å². The second-order valence-corrected chi connectivity index (χ2v) is 5.53. The van der Waals surface area contributed by atoms with Gasteiger partial charge in [-0.25, -0.2) is 0 Å². The molecule has 1 heterocycles. The number of aromatic nitrogens is 1. The van der Waals surface area contributed by atoms with Crippen LogP contribution in [0.1, 0.15) is 44.4 Å². The van der Waals surface area contributed by atoms with Crippen molar-refractivity contribution in [2.24, 2.45) is 5.73 Å². The molecule has 0 aliphatic heterocycles. The molecule has 0 saturated heterocycles. The van der Waals surface area contributed by atoms with Crippen molar-refractivity contribution in [3.05, 3.63) is 57.9 Å². The zero-order valence-corrected chi connectivity index (χ0v) is 13.4. The zero-order valence-electron chi connectivity index (χ0n) is 13.4. The van der Waals surface area contributed by atoms with Crippen LogP contribution in [0.15, 0.2) is 41.2 Å². The summed E-state index contributed by atoms with van der Waals surface area (Å²) in [6, 6.07) is 11.8. The molecular formula is C18H23N3O. The molecule has 116 valence electrons.